The van der Waals surface area contributed by atoms with Crippen molar-refractivity contribution in [1.82, 2.24) is 19.7 Å². The molecule has 1 fully saturated rings. The zero-order valence-electron chi connectivity index (χ0n) is 15.3. The van der Waals surface area contributed by atoms with Crippen molar-refractivity contribution in [3.05, 3.63) is 48.7 Å². The van der Waals surface area contributed by atoms with E-state index in [1.54, 1.807) is 18.3 Å². The minimum atomic E-state index is -0.321. The topological polar surface area (TPSA) is 95.9 Å². The fourth-order valence-corrected chi connectivity index (χ4v) is 4.91. The number of ether oxygens (including phenoxy) is 1. The molecule has 0 aliphatic heterocycles. The Labute approximate surface area is 174 Å². The van der Waals surface area contributed by atoms with E-state index in [4.69, 9.17) is 10.5 Å². The van der Waals surface area contributed by atoms with Crippen LogP contribution in [0, 0.1) is 0 Å². The fraction of sp³-hybridized carbons (Fsp3) is 0.200. The standard InChI is InChI=1S/C20H17N5O2S2/c21-16-14-7-4-10-22-19(14)29-17(16)18-23-24-20(25(18)12-8-9-12)28-11-15(26)27-13-5-2-1-3-6-13/h1-7,10,12H,8-9,11,21H2. The molecule has 0 bridgehead atoms. The second-order valence-electron chi connectivity index (χ2n) is 6.68. The first-order chi connectivity index (χ1) is 14.2. The number of thioether (sulfide) groups is 1. The third-order valence-corrected chi connectivity index (χ3v) is 6.62. The molecule has 0 atom stereocenters. The average molecular weight is 424 g/mol. The predicted molar refractivity (Wildman–Crippen MR) is 114 cm³/mol. The highest BCUT2D eigenvalue weighted by molar-refractivity contribution is 7.99. The zero-order chi connectivity index (χ0) is 19.8. The number of esters is 1. The smallest absolute Gasteiger partial charge is 0.321 e. The van der Waals surface area contributed by atoms with Gasteiger partial charge >= 0.3 is 5.97 Å². The van der Waals surface area contributed by atoms with Crippen molar-refractivity contribution in [1.29, 1.82) is 0 Å². The van der Waals surface area contributed by atoms with Crippen molar-refractivity contribution in [3.8, 4) is 16.5 Å². The summed E-state index contributed by atoms with van der Waals surface area (Å²) in [5.74, 6) is 1.11. The van der Waals surface area contributed by atoms with Gasteiger partial charge in [-0.15, -0.1) is 21.5 Å². The van der Waals surface area contributed by atoms with E-state index < -0.39 is 0 Å². The van der Waals surface area contributed by atoms with Crippen LogP contribution in [0.25, 0.3) is 20.9 Å². The Balaban J connectivity index is 1.40. The van der Waals surface area contributed by atoms with Crippen LogP contribution in [0.2, 0.25) is 0 Å². The highest BCUT2D eigenvalue weighted by Gasteiger charge is 2.32. The summed E-state index contributed by atoms with van der Waals surface area (Å²) in [6.07, 6.45) is 3.89. The number of nitrogens with zero attached hydrogens (tertiary/aromatic N) is 4. The van der Waals surface area contributed by atoms with E-state index in [0.717, 1.165) is 33.8 Å². The largest absolute Gasteiger partial charge is 0.426 e. The number of benzene rings is 1. The minimum absolute atomic E-state index is 0.156. The lowest BCUT2D eigenvalue weighted by Crippen LogP contribution is -2.11. The second-order valence-corrected chi connectivity index (χ2v) is 8.63. The van der Waals surface area contributed by atoms with Crippen LogP contribution in [0.4, 0.5) is 5.69 Å². The summed E-state index contributed by atoms with van der Waals surface area (Å²) < 4.78 is 7.46. The van der Waals surface area contributed by atoms with Crippen LogP contribution in [0.3, 0.4) is 0 Å². The van der Waals surface area contributed by atoms with Crippen LogP contribution < -0.4 is 10.5 Å². The Bertz CT molecular complexity index is 1180. The van der Waals surface area contributed by atoms with Gasteiger partial charge in [0.2, 0.25) is 0 Å². The molecule has 3 heterocycles. The van der Waals surface area contributed by atoms with Crippen LogP contribution in [0.15, 0.2) is 53.8 Å². The number of hydrogen-bond acceptors (Lipinski definition) is 8. The average Bonchev–Trinajstić information content (AvgIpc) is 3.41. The van der Waals surface area contributed by atoms with Crippen LogP contribution >= 0.6 is 23.1 Å². The van der Waals surface area contributed by atoms with Crippen LogP contribution in [-0.2, 0) is 4.79 Å². The van der Waals surface area contributed by atoms with Crippen LogP contribution in [0.1, 0.15) is 18.9 Å². The molecule has 1 aliphatic carbocycles. The molecule has 2 N–H and O–H groups in total. The van der Waals surface area contributed by atoms with Crippen molar-refractivity contribution in [2.24, 2.45) is 0 Å². The number of thiophene rings is 1. The molecule has 5 rings (SSSR count). The molecule has 146 valence electrons. The van der Waals surface area contributed by atoms with Gasteiger partial charge < -0.3 is 10.5 Å². The molecule has 0 unspecified atom stereocenters. The molecule has 9 heteroatoms. The first-order valence-electron chi connectivity index (χ1n) is 9.17. The Kier molecular flexibility index (Phi) is 4.69. The van der Waals surface area contributed by atoms with Gasteiger partial charge in [0.15, 0.2) is 11.0 Å². The van der Waals surface area contributed by atoms with E-state index in [2.05, 4.69) is 19.7 Å². The molecule has 1 saturated carbocycles. The van der Waals surface area contributed by atoms with E-state index in [0.29, 0.717) is 22.6 Å². The second kappa shape index (κ2) is 7.49. The van der Waals surface area contributed by atoms with Gasteiger partial charge in [0.05, 0.1) is 16.3 Å². The van der Waals surface area contributed by atoms with Crippen molar-refractivity contribution in [2.45, 2.75) is 24.0 Å². The van der Waals surface area contributed by atoms with Gasteiger partial charge in [-0.05, 0) is 37.1 Å². The monoisotopic (exact) mass is 423 g/mol. The predicted octanol–water partition coefficient (Wildman–Crippen LogP) is 4.17. The Morgan fingerprint density at radius 2 is 2.03 bits per heavy atom. The van der Waals surface area contributed by atoms with E-state index in [-0.39, 0.29) is 11.7 Å². The van der Waals surface area contributed by atoms with Crippen molar-refractivity contribution in [2.75, 3.05) is 11.5 Å². The van der Waals surface area contributed by atoms with E-state index in [1.165, 1.54) is 23.1 Å². The zero-order valence-corrected chi connectivity index (χ0v) is 16.9. The highest BCUT2D eigenvalue weighted by atomic mass is 32.2. The third kappa shape index (κ3) is 3.58. The third-order valence-electron chi connectivity index (χ3n) is 4.58. The van der Waals surface area contributed by atoms with Gasteiger partial charge in [-0.2, -0.15) is 0 Å². The number of fused-ring (bicyclic) bond motifs is 1. The van der Waals surface area contributed by atoms with Gasteiger partial charge in [0, 0.05) is 17.6 Å². The van der Waals surface area contributed by atoms with Crippen LogP contribution in [-0.4, -0.2) is 31.5 Å². The first-order valence-corrected chi connectivity index (χ1v) is 11.0. The minimum Gasteiger partial charge on any atom is -0.426 e. The van der Waals surface area contributed by atoms with Gasteiger partial charge in [0.25, 0.3) is 0 Å². The molecule has 0 spiro atoms. The maximum atomic E-state index is 12.2. The first kappa shape index (κ1) is 18.1. The summed E-state index contributed by atoms with van der Waals surface area (Å²) in [5, 5.41) is 10.4. The lowest BCUT2D eigenvalue weighted by Gasteiger charge is -2.08. The molecule has 0 radical (unpaired) electrons. The summed E-state index contributed by atoms with van der Waals surface area (Å²) in [4.78, 5) is 18.4. The molecular formula is C20H17N5O2S2. The fourth-order valence-electron chi connectivity index (χ4n) is 3.08. The van der Waals surface area contributed by atoms with Gasteiger partial charge in [-0.25, -0.2) is 4.98 Å². The summed E-state index contributed by atoms with van der Waals surface area (Å²) in [7, 11) is 0. The highest BCUT2D eigenvalue weighted by Crippen LogP contribution is 2.45. The van der Waals surface area contributed by atoms with Gasteiger partial charge in [-0.3, -0.25) is 9.36 Å². The number of nitrogen functional groups attached to an aromatic ring is 1. The van der Waals surface area contributed by atoms with E-state index >= 15 is 0 Å². The molecule has 4 aromatic rings. The van der Waals surface area contributed by atoms with Crippen molar-refractivity contribution < 1.29 is 9.53 Å². The van der Waals surface area contributed by atoms with Crippen molar-refractivity contribution in [3.63, 3.8) is 0 Å². The number of hydrogen-bond donors (Lipinski definition) is 1. The lowest BCUT2D eigenvalue weighted by molar-refractivity contribution is -0.131. The molecule has 1 aromatic carbocycles. The number of para-hydroxylation sites is 1. The lowest BCUT2D eigenvalue weighted by atomic mass is 10.2. The Morgan fingerprint density at radius 1 is 1.21 bits per heavy atom. The summed E-state index contributed by atoms with van der Waals surface area (Å²) >= 11 is 2.85. The number of anilines is 1. The van der Waals surface area contributed by atoms with E-state index in [9.17, 15) is 4.79 Å². The number of rotatable bonds is 6. The number of pyridine rings is 1. The Morgan fingerprint density at radius 3 is 2.79 bits per heavy atom. The normalized spacial score (nSPS) is 13.7. The summed E-state index contributed by atoms with van der Waals surface area (Å²) in [5.41, 5.74) is 7.06. The molecule has 0 amide bonds. The number of aromatic nitrogens is 4. The SMILES string of the molecule is Nc1c(-c2nnc(SCC(=O)Oc3ccccc3)n2C2CC2)sc2ncccc12. The van der Waals surface area contributed by atoms with Crippen molar-refractivity contribution >= 4 is 45.0 Å². The number of carbonyl (C=O) groups excluding carboxylic acids is 1. The molecule has 29 heavy (non-hydrogen) atoms. The molecule has 7 nitrogen and oxygen atoms in total. The quantitative estimate of drug-likeness (QED) is 0.282. The van der Waals surface area contributed by atoms with Gasteiger partial charge in [-0.1, -0.05) is 30.0 Å². The summed E-state index contributed by atoms with van der Waals surface area (Å²) in [6, 6.07) is 13.2. The summed E-state index contributed by atoms with van der Waals surface area (Å²) in [6.45, 7) is 0. The maximum absolute atomic E-state index is 12.2. The number of nitrogens with two attached hydrogens (primary N) is 1. The van der Waals surface area contributed by atoms with Gasteiger partial charge in [0.1, 0.15) is 10.6 Å². The molecule has 0 saturated heterocycles. The number of carbonyl (C=O) groups is 1. The molecular weight excluding hydrogens is 406 g/mol. The molecule has 1 aliphatic rings. The maximum Gasteiger partial charge on any atom is 0.321 e. The van der Waals surface area contributed by atoms with E-state index in [1.807, 2.05) is 30.3 Å². The van der Waals surface area contributed by atoms with Crippen LogP contribution in [0.5, 0.6) is 5.75 Å². The Hall–Kier alpha value is -2.91. The molecule has 3 aromatic heterocycles.